The zero-order chi connectivity index (χ0) is 10.9. The standard InChI is InChI=1S/C8H16F2O.C2H6/c1-4-7(5-2)11-6-8(3,9)10;1-2/h7H,4-6H2,1-3H3;1-2H3. The molecule has 82 valence electrons. The van der Waals surface area contributed by atoms with Gasteiger partial charge in [0.1, 0.15) is 6.61 Å². The van der Waals surface area contributed by atoms with Crippen molar-refractivity contribution in [2.75, 3.05) is 6.61 Å². The van der Waals surface area contributed by atoms with Crippen molar-refractivity contribution in [3.05, 3.63) is 0 Å². The van der Waals surface area contributed by atoms with E-state index in [9.17, 15) is 8.78 Å². The van der Waals surface area contributed by atoms with E-state index in [1.807, 2.05) is 27.7 Å². The van der Waals surface area contributed by atoms with Crippen LogP contribution in [0, 0.1) is 0 Å². The molecular weight excluding hydrogens is 174 g/mol. The summed E-state index contributed by atoms with van der Waals surface area (Å²) in [6.45, 7) is 8.28. The smallest absolute Gasteiger partial charge is 0.268 e. The first-order valence-electron chi connectivity index (χ1n) is 4.99. The van der Waals surface area contributed by atoms with Crippen molar-refractivity contribution in [1.29, 1.82) is 0 Å². The fourth-order valence-corrected chi connectivity index (χ4v) is 0.789. The normalized spacial score (nSPS) is 11.1. The first kappa shape index (κ1) is 15.3. The monoisotopic (exact) mass is 196 g/mol. The predicted octanol–water partition coefficient (Wildman–Crippen LogP) is 3.87. The molecule has 0 unspecified atom stereocenters. The van der Waals surface area contributed by atoms with Gasteiger partial charge in [-0.05, 0) is 12.8 Å². The van der Waals surface area contributed by atoms with Crippen molar-refractivity contribution >= 4 is 0 Å². The third kappa shape index (κ3) is 11.8. The van der Waals surface area contributed by atoms with Crippen molar-refractivity contribution < 1.29 is 13.5 Å². The Morgan fingerprint density at radius 2 is 1.54 bits per heavy atom. The lowest BCUT2D eigenvalue weighted by molar-refractivity contribution is -0.0883. The summed E-state index contributed by atoms with van der Waals surface area (Å²) in [5.41, 5.74) is 0. The van der Waals surface area contributed by atoms with Gasteiger partial charge in [-0.15, -0.1) is 0 Å². The molecule has 0 amide bonds. The lowest BCUT2D eigenvalue weighted by Crippen LogP contribution is -2.23. The molecule has 0 saturated carbocycles. The summed E-state index contributed by atoms with van der Waals surface area (Å²) in [5, 5.41) is 0. The van der Waals surface area contributed by atoms with Crippen molar-refractivity contribution in [3.63, 3.8) is 0 Å². The fourth-order valence-electron chi connectivity index (χ4n) is 0.789. The Morgan fingerprint density at radius 3 is 1.77 bits per heavy atom. The molecular formula is C10H22F2O. The first-order valence-corrected chi connectivity index (χ1v) is 4.99. The number of hydrogen-bond donors (Lipinski definition) is 0. The maximum atomic E-state index is 12.2. The second kappa shape index (κ2) is 8.42. The van der Waals surface area contributed by atoms with Gasteiger partial charge in [-0.25, -0.2) is 8.78 Å². The van der Waals surface area contributed by atoms with Gasteiger partial charge in [-0.2, -0.15) is 0 Å². The van der Waals surface area contributed by atoms with E-state index in [1.165, 1.54) is 0 Å². The molecule has 0 aliphatic rings. The molecule has 13 heavy (non-hydrogen) atoms. The average molecular weight is 196 g/mol. The average Bonchev–Trinajstić information content (AvgIpc) is 2.08. The summed E-state index contributed by atoms with van der Waals surface area (Å²) in [7, 11) is 0. The quantitative estimate of drug-likeness (QED) is 0.648. The summed E-state index contributed by atoms with van der Waals surface area (Å²) in [6, 6.07) is 0. The molecule has 0 bridgehead atoms. The van der Waals surface area contributed by atoms with Crippen LogP contribution in [0.1, 0.15) is 47.5 Å². The third-order valence-corrected chi connectivity index (χ3v) is 1.48. The number of halogens is 2. The van der Waals surface area contributed by atoms with Gasteiger partial charge in [0.2, 0.25) is 0 Å². The molecule has 0 radical (unpaired) electrons. The van der Waals surface area contributed by atoms with E-state index in [1.54, 1.807) is 0 Å². The summed E-state index contributed by atoms with van der Waals surface area (Å²) in [5.74, 6) is -2.69. The molecule has 1 nitrogen and oxygen atoms in total. The van der Waals surface area contributed by atoms with Crippen molar-refractivity contribution in [3.8, 4) is 0 Å². The SMILES string of the molecule is CC.CCC(CC)OCC(C)(F)F. The molecule has 0 aromatic carbocycles. The summed E-state index contributed by atoms with van der Waals surface area (Å²) < 4.78 is 29.4. The largest absolute Gasteiger partial charge is 0.372 e. The molecule has 0 heterocycles. The minimum Gasteiger partial charge on any atom is -0.372 e. The minimum atomic E-state index is -2.69. The van der Waals surface area contributed by atoms with Gasteiger partial charge < -0.3 is 4.74 Å². The Kier molecular flexibility index (Phi) is 9.91. The topological polar surface area (TPSA) is 9.23 Å². The highest BCUT2D eigenvalue weighted by Gasteiger charge is 2.22. The highest BCUT2D eigenvalue weighted by Crippen LogP contribution is 2.14. The zero-order valence-electron chi connectivity index (χ0n) is 9.36. The molecule has 0 spiro atoms. The third-order valence-electron chi connectivity index (χ3n) is 1.48. The van der Waals surface area contributed by atoms with E-state index in [0.717, 1.165) is 19.8 Å². The van der Waals surface area contributed by atoms with Crippen LogP contribution in [0.15, 0.2) is 0 Å². The van der Waals surface area contributed by atoms with Crippen LogP contribution in [0.25, 0.3) is 0 Å². The van der Waals surface area contributed by atoms with Gasteiger partial charge >= 0.3 is 0 Å². The van der Waals surface area contributed by atoms with Gasteiger partial charge in [-0.1, -0.05) is 27.7 Å². The van der Waals surface area contributed by atoms with E-state index in [4.69, 9.17) is 4.74 Å². The van der Waals surface area contributed by atoms with Crippen LogP contribution in [0.3, 0.4) is 0 Å². The highest BCUT2D eigenvalue weighted by molar-refractivity contribution is 4.58. The molecule has 0 aromatic rings. The van der Waals surface area contributed by atoms with Crippen molar-refractivity contribution in [2.24, 2.45) is 0 Å². The molecule has 0 aliphatic carbocycles. The molecule has 0 N–H and O–H groups in total. The zero-order valence-corrected chi connectivity index (χ0v) is 9.36. The lowest BCUT2D eigenvalue weighted by atomic mass is 10.2. The minimum absolute atomic E-state index is 0.0131. The number of hydrogen-bond acceptors (Lipinski definition) is 1. The van der Waals surface area contributed by atoms with Gasteiger partial charge in [0.15, 0.2) is 0 Å². The van der Waals surface area contributed by atoms with Crippen LogP contribution in [0.4, 0.5) is 8.78 Å². The van der Waals surface area contributed by atoms with E-state index in [0.29, 0.717) is 0 Å². The Hall–Kier alpha value is -0.180. The second-order valence-corrected chi connectivity index (χ2v) is 2.82. The maximum absolute atomic E-state index is 12.2. The molecule has 3 heteroatoms. The summed E-state index contributed by atoms with van der Waals surface area (Å²) in [6.07, 6.45) is 1.58. The first-order chi connectivity index (χ1) is 5.99. The van der Waals surface area contributed by atoms with E-state index in [2.05, 4.69) is 0 Å². The van der Waals surface area contributed by atoms with Gasteiger partial charge in [0, 0.05) is 6.92 Å². The van der Waals surface area contributed by atoms with E-state index >= 15 is 0 Å². The fraction of sp³-hybridized carbons (Fsp3) is 1.00. The molecule has 0 rings (SSSR count). The number of ether oxygens (including phenoxy) is 1. The summed E-state index contributed by atoms with van der Waals surface area (Å²) in [4.78, 5) is 0. The van der Waals surface area contributed by atoms with Crippen LogP contribution >= 0.6 is 0 Å². The van der Waals surface area contributed by atoms with Crippen LogP contribution < -0.4 is 0 Å². The second-order valence-electron chi connectivity index (χ2n) is 2.82. The van der Waals surface area contributed by atoms with Crippen LogP contribution in [-0.2, 0) is 4.74 Å². The Labute approximate surface area is 80.5 Å². The molecule has 0 fully saturated rings. The predicted molar refractivity (Wildman–Crippen MR) is 52.3 cm³/mol. The highest BCUT2D eigenvalue weighted by atomic mass is 19.3. The number of rotatable bonds is 5. The molecule has 0 aliphatic heterocycles. The lowest BCUT2D eigenvalue weighted by Gasteiger charge is -2.17. The molecule has 0 aromatic heterocycles. The van der Waals surface area contributed by atoms with E-state index < -0.39 is 12.5 Å². The van der Waals surface area contributed by atoms with Gasteiger partial charge in [-0.3, -0.25) is 0 Å². The Balaban J connectivity index is 0. The Bertz CT molecular complexity index is 95.6. The van der Waals surface area contributed by atoms with Crippen LogP contribution in [-0.4, -0.2) is 18.6 Å². The maximum Gasteiger partial charge on any atom is 0.268 e. The van der Waals surface area contributed by atoms with Crippen molar-refractivity contribution in [1.82, 2.24) is 0 Å². The molecule has 0 atom stereocenters. The van der Waals surface area contributed by atoms with Crippen LogP contribution in [0.5, 0.6) is 0 Å². The molecule has 0 saturated heterocycles. The van der Waals surface area contributed by atoms with Crippen LogP contribution in [0.2, 0.25) is 0 Å². The van der Waals surface area contributed by atoms with E-state index in [-0.39, 0.29) is 6.10 Å². The van der Waals surface area contributed by atoms with Crippen molar-refractivity contribution in [2.45, 2.75) is 59.5 Å². The van der Waals surface area contributed by atoms with Gasteiger partial charge in [0.05, 0.1) is 6.10 Å². The Morgan fingerprint density at radius 1 is 1.15 bits per heavy atom. The number of alkyl halides is 2. The summed E-state index contributed by atoms with van der Waals surface area (Å²) >= 11 is 0. The van der Waals surface area contributed by atoms with Gasteiger partial charge in [0.25, 0.3) is 5.92 Å².